The summed E-state index contributed by atoms with van der Waals surface area (Å²) in [5, 5.41) is 22.0. The summed E-state index contributed by atoms with van der Waals surface area (Å²) in [6, 6.07) is 19.7. The Labute approximate surface area is 180 Å². The molecular formula is C24H24N2O5. The Bertz CT molecular complexity index is 1050. The van der Waals surface area contributed by atoms with E-state index in [2.05, 4.69) is 10.2 Å². The van der Waals surface area contributed by atoms with E-state index in [9.17, 15) is 15.0 Å². The lowest BCUT2D eigenvalue weighted by Gasteiger charge is -2.22. The molecule has 7 heteroatoms. The van der Waals surface area contributed by atoms with Gasteiger partial charge in [0.1, 0.15) is 5.75 Å². The number of fused-ring (bicyclic) bond motifs is 1. The predicted molar refractivity (Wildman–Crippen MR) is 116 cm³/mol. The first-order valence-corrected chi connectivity index (χ1v) is 10.0. The SMILES string of the molecule is O=C(Nc1ccccc1O)c1ccc(CN(CCO)Cc2ccc3c(c2)OCO3)cc1. The molecule has 1 aliphatic rings. The molecule has 0 bridgehead atoms. The van der Waals surface area contributed by atoms with E-state index in [0.29, 0.717) is 30.9 Å². The fraction of sp³-hybridized carbons (Fsp3) is 0.208. The molecule has 4 rings (SSSR count). The average Bonchev–Trinajstić information content (AvgIpc) is 3.24. The molecule has 0 unspecified atom stereocenters. The highest BCUT2D eigenvalue weighted by Gasteiger charge is 2.15. The Morgan fingerprint density at radius 3 is 2.42 bits per heavy atom. The molecule has 0 fully saturated rings. The van der Waals surface area contributed by atoms with Gasteiger partial charge in [0.15, 0.2) is 11.5 Å². The highest BCUT2D eigenvalue weighted by molar-refractivity contribution is 6.04. The van der Waals surface area contributed by atoms with Gasteiger partial charge in [-0.05, 0) is 47.5 Å². The first-order chi connectivity index (χ1) is 15.1. The minimum Gasteiger partial charge on any atom is -0.506 e. The number of aliphatic hydroxyl groups is 1. The van der Waals surface area contributed by atoms with Crippen molar-refractivity contribution in [3.63, 3.8) is 0 Å². The van der Waals surface area contributed by atoms with Crippen molar-refractivity contribution in [1.82, 2.24) is 4.90 Å². The van der Waals surface area contributed by atoms with Crippen molar-refractivity contribution in [1.29, 1.82) is 0 Å². The van der Waals surface area contributed by atoms with E-state index in [1.54, 1.807) is 30.3 Å². The zero-order valence-electron chi connectivity index (χ0n) is 17.0. The second-order valence-electron chi connectivity index (χ2n) is 7.29. The van der Waals surface area contributed by atoms with Gasteiger partial charge < -0.3 is 25.0 Å². The van der Waals surface area contributed by atoms with Crippen LogP contribution in [-0.2, 0) is 13.1 Å². The molecule has 7 nitrogen and oxygen atoms in total. The van der Waals surface area contributed by atoms with Crippen LogP contribution in [0.3, 0.4) is 0 Å². The van der Waals surface area contributed by atoms with Gasteiger partial charge in [-0.15, -0.1) is 0 Å². The van der Waals surface area contributed by atoms with E-state index in [0.717, 1.165) is 22.6 Å². The molecule has 31 heavy (non-hydrogen) atoms. The second-order valence-corrected chi connectivity index (χ2v) is 7.29. The van der Waals surface area contributed by atoms with Gasteiger partial charge in [-0.3, -0.25) is 9.69 Å². The molecule has 0 atom stereocenters. The molecule has 0 saturated carbocycles. The Kier molecular flexibility index (Phi) is 6.35. The number of nitrogens with one attached hydrogen (secondary N) is 1. The maximum absolute atomic E-state index is 12.4. The molecule has 3 aromatic carbocycles. The van der Waals surface area contributed by atoms with Gasteiger partial charge in [0.05, 0.1) is 12.3 Å². The lowest BCUT2D eigenvalue weighted by atomic mass is 10.1. The summed E-state index contributed by atoms with van der Waals surface area (Å²) in [5.41, 5.74) is 2.95. The zero-order chi connectivity index (χ0) is 21.6. The van der Waals surface area contributed by atoms with Crippen LogP contribution in [0.4, 0.5) is 5.69 Å². The van der Waals surface area contributed by atoms with Crippen LogP contribution in [0.5, 0.6) is 17.2 Å². The number of para-hydroxylation sites is 2. The van der Waals surface area contributed by atoms with E-state index in [-0.39, 0.29) is 25.1 Å². The number of phenols is 1. The predicted octanol–water partition coefficient (Wildman–Crippen LogP) is 3.37. The summed E-state index contributed by atoms with van der Waals surface area (Å²) in [5.74, 6) is 1.22. The molecule has 0 aliphatic carbocycles. The summed E-state index contributed by atoms with van der Waals surface area (Å²) in [6.45, 7) is 2.07. The molecule has 0 saturated heterocycles. The van der Waals surface area contributed by atoms with Crippen molar-refractivity contribution in [3.05, 3.63) is 83.4 Å². The van der Waals surface area contributed by atoms with E-state index < -0.39 is 0 Å². The van der Waals surface area contributed by atoms with Crippen LogP contribution in [0.25, 0.3) is 0 Å². The van der Waals surface area contributed by atoms with Crippen LogP contribution in [-0.4, -0.2) is 41.0 Å². The van der Waals surface area contributed by atoms with Crippen LogP contribution < -0.4 is 14.8 Å². The van der Waals surface area contributed by atoms with Crippen LogP contribution in [0, 0.1) is 0 Å². The van der Waals surface area contributed by atoms with Crippen LogP contribution in [0.1, 0.15) is 21.5 Å². The molecular weight excluding hydrogens is 396 g/mol. The maximum atomic E-state index is 12.4. The lowest BCUT2D eigenvalue weighted by molar-refractivity contribution is 0.102. The number of benzene rings is 3. The summed E-state index contributed by atoms with van der Waals surface area (Å²) < 4.78 is 10.8. The summed E-state index contributed by atoms with van der Waals surface area (Å²) in [6.07, 6.45) is 0. The summed E-state index contributed by atoms with van der Waals surface area (Å²) in [4.78, 5) is 14.6. The van der Waals surface area contributed by atoms with Gasteiger partial charge in [0.2, 0.25) is 6.79 Å². The molecule has 0 aromatic heterocycles. The van der Waals surface area contributed by atoms with Crippen molar-refractivity contribution in [2.24, 2.45) is 0 Å². The van der Waals surface area contributed by atoms with Crippen molar-refractivity contribution in [2.45, 2.75) is 13.1 Å². The monoisotopic (exact) mass is 420 g/mol. The molecule has 1 aliphatic heterocycles. The molecule has 1 heterocycles. The third-order valence-electron chi connectivity index (χ3n) is 5.03. The largest absolute Gasteiger partial charge is 0.506 e. The van der Waals surface area contributed by atoms with Gasteiger partial charge in [-0.25, -0.2) is 0 Å². The van der Waals surface area contributed by atoms with Crippen molar-refractivity contribution >= 4 is 11.6 Å². The molecule has 3 N–H and O–H groups in total. The average molecular weight is 420 g/mol. The minimum atomic E-state index is -0.291. The lowest BCUT2D eigenvalue weighted by Crippen LogP contribution is -2.26. The molecule has 0 radical (unpaired) electrons. The number of hydrogen-bond acceptors (Lipinski definition) is 6. The Morgan fingerprint density at radius 2 is 1.65 bits per heavy atom. The van der Waals surface area contributed by atoms with Crippen LogP contribution in [0.15, 0.2) is 66.7 Å². The van der Waals surface area contributed by atoms with E-state index in [4.69, 9.17) is 9.47 Å². The normalized spacial score (nSPS) is 12.2. The molecule has 160 valence electrons. The summed E-state index contributed by atoms with van der Waals surface area (Å²) >= 11 is 0. The number of aliphatic hydroxyl groups excluding tert-OH is 1. The third kappa shape index (κ3) is 5.14. The Hall–Kier alpha value is -3.55. The number of amides is 1. The van der Waals surface area contributed by atoms with E-state index in [1.165, 1.54) is 6.07 Å². The number of anilines is 1. The smallest absolute Gasteiger partial charge is 0.255 e. The fourth-order valence-electron chi connectivity index (χ4n) is 3.45. The molecule has 1 amide bonds. The number of hydrogen-bond donors (Lipinski definition) is 3. The third-order valence-corrected chi connectivity index (χ3v) is 5.03. The number of aromatic hydroxyl groups is 1. The van der Waals surface area contributed by atoms with Gasteiger partial charge in [-0.1, -0.05) is 30.3 Å². The molecule has 0 spiro atoms. The quantitative estimate of drug-likeness (QED) is 0.484. The highest BCUT2D eigenvalue weighted by atomic mass is 16.7. The van der Waals surface area contributed by atoms with Gasteiger partial charge in [-0.2, -0.15) is 0 Å². The highest BCUT2D eigenvalue weighted by Crippen LogP contribution is 2.33. The van der Waals surface area contributed by atoms with E-state index in [1.807, 2.05) is 30.3 Å². The Morgan fingerprint density at radius 1 is 0.935 bits per heavy atom. The second kappa shape index (κ2) is 9.51. The Balaban J connectivity index is 1.40. The number of nitrogens with zero attached hydrogens (tertiary/aromatic N) is 1. The minimum absolute atomic E-state index is 0.0237. The number of rotatable bonds is 8. The number of phenolic OH excluding ortho intramolecular Hbond substituents is 1. The standard InChI is InChI=1S/C24H24N2O5/c27-12-11-26(15-18-7-10-22-23(13-18)31-16-30-22)14-17-5-8-19(9-6-17)24(29)25-20-3-1-2-4-21(20)28/h1-10,13,27-28H,11-12,14-16H2,(H,25,29). The number of carbonyl (C=O) groups excluding carboxylic acids is 1. The van der Waals surface area contributed by atoms with Crippen LogP contribution >= 0.6 is 0 Å². The van der Waals surface area contributed by atoms with Crippen LogP contribution in [0.2, 0.25) is 0 Å². The van der Waals surface area contributed by atoms with Gasteiger partial charge >= 0.3 is 0 Å². The summed E-state index contributed by atoms with van der Waals surface area (Å²) in [7, 11) is 0. The molecule has 3 aromatic rings. The van der Waals surface area contributed by atoms with Crippen molar-refractivity contribution in [3.8, 4) is 17.2 Å². The van der Waals surface area contributed by atoms with Gasteiger partial charge in [0.25, 0.3) is 5.91 Å². The maximum Gasteiger partial charge on any atom is 0.255 e. The van der Waals surface area contributed by atoms with Crippen molar-refractivity contribution < 1.29 is 24.5 Å². The fourth-order valence-corrected chi connectivity index (χ4v) is 3.45. The zero-order valence-corrected chi connectivity index (χ0v) is 17.0. The first kappa shape index (κ1) is 20.7. The number of ether oxygens (including phenoxy) is 2. The number of carbonyl (C=O) groups is 1. The van der Waals surface area contributed by atoms with Crippen molar-refractivity contribution in [2.75, 3.05) is 25.3 Å². The topological polar surface area (TPSA) is 91.3 Å². The van der Waals surface area contributed by atoms with Gasteiger partial charge in [0, 0.05) is 25.2 Å². The van der Waals surface area contributed by atoms with E-state index >= 15 is 0 Å². The first-order valence-electron chi connectivity index (χ1n) is 10.0.